The molecule has 184 valence electrons. The molecule has 2 N–H and O–H groups in total. The van der Waals surface area contributed by atoms with Gasteiger partial charge >= 0.3 is 6.18 Å². The first-order chi connectivity index (χ1) is 16.1. The number of likely N-dealkylation sites (tertiary alicyclic amines) is 1. The van der Waals surface area contributed by atoms with Crippen molar-refractivity contribution < 1.29 is 22.8 Å². The molecule has 0 bridgehead atoms. The van der Waals surface area contributed by atoms with Crippen molar-refractivity contribution in [2.45, 2.75) is 70.0 Å². The highest BCUT2D eigenvalue weighted by Gasteiger charge is 2.48. The van der Waals surface area contributed by atoms with Crippen molar-refractivity contribution in [1.29, 1.82) is 5.26 Å². The molecule has 1 spiro atoms. The van der Waals surface area contributed by atoms with E-state index in [0.717, 1.165) is 25.0 Å². The molecule has 1 aliphatic carbocycles. The summed E-state index contributed by atoms with van der Waals surface area (Å²) in [7, 11) is 0. The number of nitriles is 1. The van der Waals surface area contributed by atoms with Gasteiger partial charge in [0.15, 0.2) is 0 Å². The van der Waals surface area contributed by atoms with Gasteiger partial charge in [0.05, 0.1) is 17.2 Å². The zero-order valence-electron chi connectivity index (χ0n) is 19.2. The Morgan fingerprint density at radius 2 is 1.82 bits per heavy atom. The Kier molecular flexibility index (Phi) is 6.79. The number of piperidine rings is 1. The van der Waals surface area contributed by atoms with E-state index in [0.29, 0.717) is 51.2 Å². The summed E-state index contributed by atoms with van der Waals surface area (Å²) in [5, 5.41) is 9.08. The third-order valence-electron chi connectivity index (χ3n) is 7.96. The quantitative estimate of drug-likeness (QED) is 0.705. The van der Waals surface area contributed by atoms with Gasteiger partial charge in [0, 0.05) is 31.7 Å². The average molecular weight is 477 g/mol. The molecule has 34 heavy (non-hydrogen) atoms. The lowest BCUT2D eigenvalue weighted by atomic mass is 9.76. The summed E-state index contributed by atoms with van der Waals surface area (Å²) in [5.41, 5.74) is 4.14. The first-order valence-corrected chi connectivity index (χ1v) is 12.1. The summed E-state index contributed by atoms with van der Waals surface area (Å²) in [6.07, 6.45) is 3.60. The van der Waals surface area contributed by atoms with Crippen LogP contribution in [-0.4, -0.2) is 42.4 Å². The topological polar surface area (TPSA) is 90.4 Å². The third-order valence-corrected chi connectivity index (χ3v) is 7.96. The molecular weight excluding hydrogens is 445 g/mol. The molecule has 1 unspecified atom stereocenters. The number of anilines is 1. The number of halogens is 3. The highest BCUT2D eigenvalue weighted by Crippen LogP contribution is 2.46. The van der Waals surface area contributed by atoms with Crippen LogP contribution in [0.15, 0.2) is 18.2 Å². The van der Waals surface area contributed by atoms with Crippen molar-refractivity contribution in [1.82, 2.24) is 4.90 Å². The number of carbonyl (C=O) groups is 2. The van der Waals surface area contributed by atoms with Crippen LogP contribution < -0.4 is 10.6 Å². The van der Waals surface area contributed by atoms with Gasteiger partial charge in [-0.1, -0.05) is 19.3 Å². The molecule has 4 rings (SSSR count). The maximum absolute atomic E-state index is 13.5. The van der Waals surface area contributed by atoms with E-state index in [4.69, 9.17) is 11.0 Å². The molecule has 1 aromatic carbocycles. The number of benzene rings is 1. The maximum Gasteiger partial charge on any atom is 0.417 e. The van der Waals surface area contributed by atoms with E-state index in [1.165, 1.54) is 25.3 Å². The second-order valence-corrected chi connectivity index (χ2v) is 10.2. The van der Waals surface area contributed by atoms with Crippen LogP contribution in [0.4, 0.5) is 18.9 Å². The Morgan fingerprint density at radius 3 is 2.41 bits per heavy atom. The summed E-state index contributed by atoms with van der Waals surface area (Å²) in [6.45, 7) is 1.58. The molecule has 2 amide bonds. The van der Waals surface area contributed by atoms with Gasteiger partial charge in [-0.3, -0.25) is 9.59 Å². The molecule has 6 nitrogen and oxygen atoms in total. The molecular formula is C25H31F3N4O2. The van der Waals surface area contributed by atoms with Crippen LogP contribution >= 0.6 is 0 Å². The molecule has 1 aromatic rings. The van der Waals surface area contributed by atoms with Crippen LogP contribution in [0.3, 0.4) is 0 Å². The first-order valence-electron chi connectivity index (χ1n) is 12.1. The predicted molar refractivity (Wildman–Crippen MR) is 121 cm³/mol. The molecule has 1 atom stereocenters. The fourth-order valence-electron chi connectivity index (χ4n) is 5.98. The Balaban J connectivity index is 1.47. The number of carbonyl (C=O) groups excluding carboxylic acids is 2. The second-order valence-electron chi connectivity index (χ2n) is 10.2. The van der Waals surface area contributed by atoms with Crippen LogP contribution in [0.5, 0.6) is 0 Å². The van der Waals surface area contributed by atoms with E-state index in [1.807, 2.05) is 4.90 Å². The van der Waals surface area contributed by atoms with Crippen LogP contribution in [-0.2, 0) is 15.8 Å². The number of nitrogens with zero attached hydrogens (tertiary/aromatic N) is 3. The van der Waals surface area contributed by atoms with Crippen LogP contribution in [0.25, 0.3) is 0 Å². The third kappa shape index (κ3) is 5.01. The van der Waals surface area contributed by atoms with Gasteiger partial charge in [-0.2, -0.15) is 18.4 Å². The number of hydrogen-bond donors (Lipinski definition) is 1. The van der Waals surface area contributed by atoms with Crippen molar-refractivity contribution in [3.63, 3.8) is 0 Å². The molecule has 9 heteroatoms. The minimum atomic E-state index is -4.68. The van der Waals surface area contributed by atoms with Crippen molar-refractivity contribution in [3.05, 3.63) is 29.3 Å². The highest BCUT2D eigenvalue weighted by atomic mass is 19.4. The monoisotopic (exact) mass is 476 g/mol. The molecule has 3 fully saturated rings. The van der Waals surface area contributed by atoms with Gasteiger partial charge in [0.2, 0.25) is 11.8 Å². The molecule has 0 radical (unpaired) electrons. The number of amides is 2. The van der Waals surface area contributed by atoms with E-state index < -0.39 is 29.3 Å². The largest absolute Gasteiger partial charge is 0.417 e. The van der Waals surface area contributed by atoms with Crippen molar-refractivity contribution in [2.75, 3.05) is 24.5 Å². The van der Waals surface area contributed by atoms with E-state index in [1.54, 1.807) is 11.0 Å². The van der Waals surface area contributed by atoms with E-state index in [2.05, 4.69) is 0 Å². The van der Waals surface area contributed by atoms with Gasteiger partial charge in [0.25, 0.3) is 0 Å². The summed E-state index contributed by atoms with van der Waals surface area (Å²) < 4.78 is 40.5. The zero-order valence-corrected chi connectivity index (χ0v) is 19.2. The van der Waals surface area contributed by atoms with Crippen molar-refractivity contribution in [3.8, 4) is 6.07 Å². The van der Waals surface area contributed by atoms with E-state index in [9.17, 15) is 22.8 Å². The standard InChI is InChI=1S/C25H31F3N4O2/c26-25(27,28)20-13-19(7-6-18(20)15-29)32-16-24(14-21(32)23(30)34)8-10-31(11-9-24)22(33)12-17-4-2-1-3-5-17/h6-7,13,17,21H,1-5,8-12,14,16H2,(H2,30,34). The van der Waals surface area contributed by atoms with Gasteiger partial charge in [0.1, 0.15) is 6.04 Å². The van der Waals surface area contributed by atoms with E-state index in [-0.39, 0.29) is 17.0 Å². The Labute approximate surface area is 197 Å². The second kappa shape index (κ2) is 9.47. The number of alkyl halides is 3. The number of primary amides is 1. The molecule has 2 aliphatic heterocycles. The fourth-order valence-corrected chi connectivity index (χ4v) is 5.98. The maximum atomic E-state index is 13.5. The van der Waals surface area contributed by atoms with Crippen molar-refractivity contribution in [2.24, 2.45) is 17.1 Å². The summed E-state index contributed by atoms with van der Waals surface area (Å²) in [5.74, 6) is 0.0770. The fraction of sp³-hybridized carbons (Fsp3) is 0.640. The van der Waals surface area contributed by atoms with Crippen LogP contribution in [0.1, 0.15) is 68.9 Å². The zero-order chi connectivity index (χ0) is 24.5. The Hall–Kier alpha value is -2.76. The molecule has 2 heterocycles. The summed E-state index contributed by atoms with van der Waals surface area (Å²) in [6, 6.07) is 4.40. The number of rotatable bonds is 4. The lowest BCUT2D eigenvalue weighted by molar-refractivity contribution is -0.137. The number of hydrogen-bond acceptors (Lipinski definition) is 4. The molecule has 0 aromatic heterocycles. The molecule has 3 aliphatic rings. The average Bonchev–Trinajstić information content (AvgIpc) is 3.18. The molecule has 2 saturated heterocycles. The van der Waals surface area contributed by atoms with Crippen LogP contribution in [0, 0.1) is 22.7 Å². The van der Waals surface area contributed by atoms with Gasteiger partial charge < -0.3 is 15.5 Å². The van der Waals surface area contributed by atoms with Gasteiger partial charge in [-0.15, -0.1) is 0 Å². The predicted octanol–water partition coefficient (Wildman–Crippen LogP) is 4.22. The van der Waals surface area contributed by atoms with E-state index >= 15 is 0 Å². The van der Waals surface area contributed by atoms with Gasteiger partial charge in [-0.25, -0.2) is 0 Å². The normalized spacial score (nSPS) is 23.2. The minimum absolute atomic E-state index is 0.185. The summed E-state index contributed by atoms with van der Waals surface area (Å²) >= 11 is 0. The summed E-state index contributed by atoms with van der Waals surface area (Å²) in [4.78, 5) is 28.6. The Bertz CT molecular complexity index is 973. The minimum Gasteiger partial charge on any atom is -0.368 e. The lowest BCUT2D eigenvalue weighted by Crippen LogP contribution is -2.44. The SMILES string of the molecule is N#Cc1ccc(N2CC3(CCN(C(=O)CC4CCCCC4)CC3)CC2C(N)=O)cc1C(F)(F)F. The smallest absolute Gasteiger partial charge is 0.368 e. The molecule has 1 saturated carbocycles. The highest BCUT2D eigenvalue weighted by molar-refractivity contribution is 5.85. The van der Waals surface area contributed by atoms with Gasteiger partial charge in [-0.05, 0) is 61.6 Å². The number of nitrogens with two attached hydrogens (primary N) is 1. The first kappa shape index (κ1) is 24.4. The van der Waals surface area contributed by atoms with Crippen molar-refractivity contribution >= 4 is 17.5 Å². The lowest BCUT2D eigenvalue weighted by Gasteiger charge is -2.40. The Morgan fingerprint density at radius 1 is 1.15 bits per heavy atom. The van der Waals surface area contributed by atoms with Crippen LogP contribution in [0.2, 0.25) is 0 Å².